The summed E-state index contributed by atoms with van der Waals surface area (Å²) in [6.45, 7) is 0.685. The van der Waals surface area contributed by atoms with Crippen LogP contribution in [-0.4, -0.2) is 50.4 Å². The van der Waals surface area contributed by atoms with Gasteiger partial charge in [0.15, 0.2) is 0 Å². The third-order valence-electron chi connectivity index (χ3n) is 2.53. The van der Waals surface area contributed by atoms with E-state index in [1.54, 1.807) is 0 Å². The van der Waals surface area contributed by atoms with E-state index in [4.69, 9.17) is 9.11 Å². The van der Waals surface area contributed by atoms with Gasteiger partial charge in [-0.05, 0) is 23.6 Å². The number of alkyl halides is 3. The first-order valence-electron chi connectivity index (χ1n) is 5.47. The van der Waals surface area contributed by atoms with Crippen molar-refractivity contribution in [3.8, 4) is 0 Å². The molecule has 0 aromatic heterocycles. The van der Waals surface area contributed by atoms with Gasteiger partial charge >= 0.3 is 5.51 Å². The molecule has 7 nitrogen and oxygen atoms in total. The average Bonchev–Trinajstić information content (AvgIpc) is 2.27. The SMILES string of the molecule is O=S(CS(O)(O)N1CCCCC1)NS(O)(O)C(F)(F)F. The molecule has 0 aromatic carbocycles. The van der Waals surface area contributed by atoms with E-state index in [1.165, 1.54) is 4.31 Å². The Morgan fingerprint density at radius 1 is 1.10 bits per heavy atom. The van der Waals surface area contributed by atoms with Crippen molar-refractivity contribution >= 4 is 32.5 Å². The maximum absolute atomic E-state index is 12.2. The fourth-order valence-corrected chi connectivity index (χ4v) is 6.20. The molecule has 1 heterocycles. The summed E-state index contributed by atoms with van der Waals surface area (Å²) in [5.74, 6) is 0. The Bertz CT molecular complexity index is 362. The normalized spacial score (nSPS) is 22.6. The lowest BCUT2D eigenvalue weighted by Gasteiger charge is -2.44. The van der Waals surface area contributed by atoms with Gasteiger partial charge in [-0.2, -0.15) is 13.2 Å². The van der Waals surface area contributed by atoms with Gasteiger partial charge in [-0.3, -0.25) is 18.2 Å². The maximum atomic E-state index is 12.2. The fraction of sp³-hybridized carbons (Fsp3) is 1.00. The van der Waals surface area contributed by atoms with Gasteiger partial charge in [-0.1, -0.05) is 6.42 Å². The van der Waals surface area contributed by atoms with Crippen molar-refractivity contribution in [3.63, 3.8) is 0 Å². The molecule has 124 valence electrons. The second-order valence-electron chi connectivity index (χ2n) is 4.16. The molecular weight excluding hydrogens is 345 g/mol. The summed E-state index contributed by atoms with van der Waals surface area (Å²) in [7, 11) is -11.4. The van der Waals surface area contributed by atoms with Crippen molar-refractivity contribution in [1.29, 1.82) is 0 Å². The Morgan fingerprint density at radius 2 is 1.60 bits per heavy atom. The third-order valence-corrected chi connectivity index (χ3v) is 8.16. The Balaban J connectivity index is 2.61. The van der Waals surface area contributed by atoms with Crippen LogP contribution in [0.1, 0.15) is 19.3 Å². The van der Waals surface area contributed by atoms with Crippen molar-refractivity contribution in [1.82, 2.24) is 8.43 Å². The molecule has 0 aromatic rings. The van der Waals surface area contributed by atoms with Gasteiger partial charge in [0.2, 0.25) is 0 Å². The molecule has 1 fully saturated rings. The van der Waals surface area contributed by atoms with Crippen LogP contribution in [0.4, 0.5) is 13.2 Å². The number of rotatable bonds is 5. The maximum Gasteiger partial charge on any atom is 0.510 e. The van der Waals surface area contributed by atoms with Crippen LogP contribution in [0.2, 0.25) is 0 Å². The molecule has 1 atom stereocenters. The first kappa shape index (κ1) is 18.4. The van der Waals surface area contributed by atoms with Gasteiger partial charge in [0, 0.05) is 13.1 Å². The number of nitrogens with zero attached hydrogens (tertiary/aromatic N) is 1. The first-order chi connectivity index (χ1) is 8.96. The van der Waals surface area contributed by atoms with Gasteiger partial charge in [0.25, 0.3) is 0 Å². The highest BCUT2D eigenvalue weighted by molar-refractivity contribution is 8.32. The average molecular weight is 362 g/mol. The first-order valence-corrected chi connectivity index (χ1v) is 10.0. The Morgan fingerprint density at radius 3 is 2.05 bits per heavy atom. The standard InChI is InChI=1S/C7H17F3N2O5S3/c8-7(9,10)20(16,17)11-18(13)6-19(14,15)12-4-2-1-3-5-12/h11,14-17H,1-6H2. The molecule has 5 N–H and O–H groups in total. The van der Waals surface area contributed by atoms with Crippen LogP contribution >= 0.6 is 21.6 Å². The van der Waals surface area contributed by atoms with Gasteiger partial charge in [-0.15, -0.1) is 14.9 Å². The second kappa shape index (κ2) is 6.66. The summed E-state index contributed by atoms with van der Waals surface area (Å²) in [5.41, 5.74) is -5.38. The molecular formula is C7H17F3N2O5S3. The highest BCUT2D eigenvalue weighted by atomic mass is 32.3. The topological polar surface area (TPSA) is 113 Å². The van der Waals surface area contributed by atoms with Crippen LogP contribution in [-0.2, 0) is 11.0 Å². The fourth-order valence-electron chi connectivity index (χ4n) is 1.58. The van der Waals surface area contributed by atoms with Crippen molar-refractivity contribution < 1.29 is 35.6 Å². The molecule has 0 bridgehead atoms. The zero-order chi connectivity index (χ0) is 15.6. The number of piperidine rings is 1. The van der Waals surface area contributed by atoms with E-state index in [0.29, 0.717) is 25.9 Å². The van der Waals surface area contributed by atoms with Crippen LogP contribution < -0.4 is 4.13 Å². The number of hydrogen-bond acceptors (Lipinski definition) is 6. The predicted octanol–water partition coefficient (Wildman–Crippen LogP) is 2.53. The highest BCUT2D eigenvalue weighted by Crippen LogP contribution is 2.53. The zero-order valence-corrected chi connectivity index (χ0v) is 12.7. The van der Waals surface area contributed by atoms with Crippen LogP contribution in [0.15, 0.2) is 0 Å². The van der Waals surface area contributed by atoms with Crippen LogP contribution in [0, 0.1) is 0 Å². The van der Waals surface area contributed by atoms with E-state index in [1.807, 2.05) is 0 Å². The molecule has 1 aliphatic rings. The Labute approximate surface area is 120 Å². The van der Waals surface area contributed by atoms with Gasteiger partial charge in [0.05, 0.1) is 0 Å². The van der Waals surface area contributed by atoms with Crippen LogP contribution in [0.25, 0.3) is 0 Å². The summed E-state index contributed by atoms with van der Waals surface area (Å²) in [5, 5.41) is -0.918. The van der Waals surface area contributed by atoms with Crippen LogP contribution in [0.3, 0.4) is 0 Å². The molecule has 0 radical (unpaired) electrons. The third kappa shape index (κ3) is 4.99. The van der Waals surface area contributed by atoms with E-state index in [0.717, 1.165) is 10.5 Å². The van der Waals surface area contributed by atoms with Gasteiger partial charge < -0.3 is 0 Å². The van der Waals surface area contributed by atoms with Gasteiger partial charge in [0.1, 0.15) is 16.1 Å². The monoisotopic (exact) mass is 362 g/mol. The van der Waals surface area contributed by atoms with E-state index in [2.05, 4.69) is 0 Å². The molecule has 1 aliphatic heterocycles. The summed E-state index contributed by atoms with van der Waals surface area (Å²) in [6.07, 6.45) is 2.31. The second-order valence-corrected chi connectivity index (χ2v) is 9.81. The van der Waals surface area contributed by atoms with Crippen molar-refractivity contribution in [2.75, 3.05) is 18.2 Å². The largest absolute Gasteiger partial charge is 0.510 e. The molecule has 1 saturated heterocycles. The lowest BCUT2D eigenvalue weighted by Crippen LogP contribution is -2.39. The minimum Gasteiger partial charge on any atom is -0.285 e. The van der Waals surface area contributed by atoms with Crippen molar-refractivity contribution in [2.24, 2.45) is 0 Å². The molecule has 0 amide bonds. The molecule has 1 rings (SSSR count). The summed E-state index contributed by atoms with van der Waals surface area (Å²) in [4.78, 5) is 0. The summed E-state index contributed by atoms with van der Waals surface area (Å²) < 4.78 is 87.5. The molecule has 20 heavy (non-hydrogen) atoms. The summed E-state index contributed by atoms with van der Waals surface area (Å²) >= 11 is 0. The van der Waals surface area contributed by atoms with E-state index < -0.39 is 43.1 Å². The minimum absolute atomic E-state index is 0.342. The predicted molar refractivity (Wildman–Crippen MR) is 73.3 cm³/mol. The van der Waals surface area contributed by atoms with E-state index >= 15 is 0 Å². The molecule has 1 unspecified atom stereocenters. The molecule has 0 spiro atoms. The molecule has 0 saturated carbocycles. The van der Waals surface area contributed by atoms with E-state index in [-0.39, 0.29) is 0 Å². The number of hydrogen-bond donors (Lipinski definition) is 5. The molecule has 0 aliphatic carbocycles. The Kier molecular flexibility index (Phi) is 6.14. The molecule has 13 heteroatoms. The number of halogens is 3. The lowest BCUT2D eigenvalue weighted by atomic mass is 10.2. The number of nitrogens with one attached hydrogen (secondary N) is 1. The van der Waals surface area contributed by atoms with Crippen molar-refractivity contribution in [2.45, 2.75) is 24.8 Å². The van der Waals surface area contributed by atoms with Gasteiger partial charge in [-0.25, -0.2) is 8.51 Å². The summed E-state index contributed by atoms with van der Waals surface area (Å²) in [6, 6.07) is 0. The quantitative estimate of drug-likeness (QED) is 0.514. The Hall–Kier alpha value is 0.400. The smallest absolute Gasteiger partial charge is 0.285 e. The van der Waals surface area contributed by atoms with Crippen LogP contribution in [0.5, 0.6) is 0 Å². The highest BCUT2D eigenvalue weighted by Gasteiger charge is 2.47. The minimum atomic E-state index is -5.38. The van der Waals surface area contributed by atoms with Crippen molar-refractivity contribution in [3.05, 3.63) is 0 Å². The zero-order valence-electron chi connectivity index (χ0n) is 10.2. The van der Waals surface area contributed by atoms with E-state index in [9.17, 15) is 26.5 Å². The lowest BCUT2D eigenvalue weighted by molar-refractivity contribution is -0.0533.